The van der Waals surface area contributed by atoms with Gasteiger partial charge in [-0.2, -0.15) is 0 Å². The minimum Gasteiger partial charge on any atom is -0.491 e. The van der Waals surface area contributed by atoms with Gasteiger partial charge in [-0.05, 0) is 37.6 Å². The molecule has 1 aromatic heterocycles. The quantitative estimate of drug-likeness (QED) is 0.812. The number of benzene rings is 1. The predicted molar refractivity (Wildman–Crippen MR) is 64.9 cm³/mol. The Balaban J connectivity index is 2.13. The average molecular weight is 232 g/mol. The van der Waals surface area contributed by atoms with Gasteiger partial charge in [0, 0.05) is 12.5 Å². The minimum absolute atomic E-state index is 0.228. The van der Waals surface area contributed by atoms with Gasteiger partial charge in [-0.1, -0.05) is 6.92 Å². The summed E-state index contributed by atoms with van der Waals surface area (Å²) in [5.74, 6) is 1.97. The molecule has 0 radical (unpaired) electrons. The van der Waals surface area contributed by atoms with E-state index in [1.807, 2.05) is 24.3 Å². The molecule has 2 aromatic rings. The molecule has 0 bridgehead atoms. The Morgan fingerprint density at radius 1 is 1.24 bits per heavy atom. The molecule has 0 spiro atoms. The molecule has 2 rings (SSSR count). The van der Waals surface area contributed by atoms with Gasteiger partial charge in [0.2, 0.25) is 11.8 Å². The van der Waals surface area contributed by atoms with Crippen LogP contribution in [0.25, 0.3) is 11.5 Å². The molecule has 1 atom stereocenters. The summed E-state index contributed by atoms with van der Waals surface area (Å²) < 4.78 is 11.0. The summed E-state index contributed by atoms with van der Waals surface area (Å²) in [6.45, 7) is 5.92. The van der Waals surface area contributed by atoms with Crippen molar-refractivity contribution in [2.45, 2.75) is 33.3 Å². The minimum atomic E-state index is 0.228. The van der Waals surface area contributed by atoms with Gasteiger partial charge in [0.25, 0.3) is 0 Å². The SMILES string of the molecule is CCC(C)Oc1ccc(-c2nnc(C)o2)cc1. The molecule has 1 heterocycles. The van der Waals surface area contributed by atoms with E-state index in [4.69, 9.17) is 9.15 Å². The lowest BCUT2D eigenvalue weighted by Gasteiger charge is -2.12. The second kappa shape index (κ2) is 4.99. The van der Waals surface area contributed by atoms with E-state index in [-0.39, 0.29) is 6.10 Å². The van der Waals surface area contributed by atoms with Crippen LogP contribution in [0.3, 0.4) is 0 Å². The Labute approximate surface area is 101 Å². The molecule has 1 unspecified atom stereocenters. The molecular weight excluding hydrogens is 216 g/mol. The maximum atomic E-state index is 5.69. The molecule has 0 amide bonds. The van der Waals surface area contributed by atoms with E-state index in [1.54, 1.807) is 6.92 Å². The molecule has 0 saturated heterocycles. The van der Waals surface area contributed by atoms with Crippen LogP contribution < -0.4 is 4.74 Å². The summed E-state index contributed by atoms with van der Waals surface area (Å²) in [5, 5.41) is 7.76. The predicted octanol–water partition coefficient (Wildman–Crippen LogP) is 3.22. The molecule has 1 aromatic carbocycles. The van der Waals surface area contributed by atoms with Crippen LogP contribution in [0.1, 0.15) is 26.2 Å². The van der Waals surface area contributed by atoms with Gasteiger partial charge in [-0.15, -0.1) is 10.2 Å². The first-order valence-electron chi connectivity index (χ1n) is 5.76. The Morgan fingerprint density at radius 3 is 2.47 bits per heavy atom. The maximum Gasteiger partial charge on any atom is 0.247 e. The Bertz CT molecular complexity index is 476. The summed E-state index contributed by atoms with van der Waals surface area (Å²) in [6, 6.07) is 7.68. The summed E-state index contributed by atoms with van der Waals surface area (Å²) in [6.07, 6.45) is 1.22. The lowest BCUT2D eigenvalue weighted by atomic mass is 10.2. The average Bonchev–Trinajstić information content (AvgIpc) is 2.77. The van der Waals surface area contributed by atoms with Gasteiger partial charge in [0.1, 0.15) is 5.75 Å². The van der Waals surface area contributed by atoms with Crippen LogP contribution in [-0.2, 0) is 0 Å². The van der Waals surface area contributed by atoms with E-state index < -0.39 is 0 Å². The van der Waals surface area contributed by atoms with E-state index in [9.17, 15) is 0 Å². The summed E-state index contributed by atoms with van der Waals surface area (Å²) in [7, 11) is 0. The van der Waals surface area contributed by atoms with Crippen LogP contribution >= 0.6 is 0 Å². The number of rotatable bonds is 4. The molecule has 0 N–H and O–H groups in total. The number of hydrogen-bond donors (Lipinski definition) is 0. The fourth-order valence-corrected chi connectivity index (χ4v) is 1.40. The Hall–Kier alpha value is -1.84. The van der Waals surface area contributed by atoms with Crippen molar-refractivity contribution in [3.05, 3.63) is 30.2 Å². The standard InChI is InChI=1S/C13H16N2O2/c1-4-9(2)16-12-7-5-11(6-8-12)13-15-14-10(3)17-13/h5-9H,4H2,1-3H3. The van der Waals surface area contributed by atoms with E-state index in [0.29, 0.717) is 11.8 Å². The van der Waals surface area contributed by atoms with Crippen molar-refractivity contribution in [2.75, 3.05) is 0 Å². The highest BCUT2D eigenvalue weighted by Crippen LogP contribution is 2.21. The van der Waals surface area contributed by atoms with Crippen molar-refractivity contribution in [1.82, 2.24) is 10.2 Å². The van der Waals surface area contributed by atoms with E-state index in [0.717, 1.165) is 17.7 Å². The van der Waals surface area contributed by atoms with Gasteiger partial charge < -0.3 is 9.15 Å². The molecule has 0 fully saturated rings. The lowest BCUT2D eigenvalue weighted by Crippen LogP contribution is -2.09. The van der Waals surface area contributed by atoms with Crippen molar-refractivity contribution in [3.63, 3.8) is 0 Å². The fourth-order valence-electron chi connectivity index (χ4n) is 1.40. The van der Waals surface area contributed by atoms with Crippen molar-refractivity contribution < 1.29 is 9.15 Å². The maximum absolute atomic E-state index is 5.69. The van der Waals surface area contributed by atoms with Gasteiger partial charge in [-0.25, -0.2) is 0 Å². The van der Waals surface area contributed by atoms with Crippen molar-refractivity contribution in [3.8, 4) is 17.2 Å². The third-order valence-corrected chi connectivity index (χ3v) is 2.54. The Morgan fingerprint density at radius 2 is 1.94 bits per heavy atom. The van der Waals surface area contributed by atoms with Crippen LogP contribution in [0.2, 0.25) is 0 Å². The third-order valence-electron chi connectivity index (χ3n) is 2.54. The van der Waals surface area contributed by atoms with Gasteiger partial charge >= 0.3 is 0 Å². The van der Waals surface area contributed by atoms with Crippen molar-refractivity contribution in [2.24, 2.45) is 0 Å². The number of aromatic nitrogens is 2. The van der Waals surface area contributed by atoms with E-state index in [1.165, 1.54) is 0 Å². The Kier molecular flexibility index (Phi) is 3.42. The monoisotopic (exact) mass is 232 g/mol. The first kappa shape index (κ1) is 11.6. The second-order valence-electron chi connectivity index (χ2n) is 3.99. The number of aryl methyl sites for hydroxylation is 1. The molecular formula is C13H16N2O2. The highest BCUT2D eigenvalue weighted by atomic mass is 16.5. The first-order valence-corrected chi connectivity index (χ1v) is 5.76. The van der Waals surface area contributed by atoms with Crippen molar-refractivity contribution >= 4 is 0 Å². The summed E-state index contributed by atoms with van der Waals surface area (Å²) >= 11 is 0. The molecule has 4 heteroatoms. The molecule has 0 saturated carbocycles. The number of nitrogens with zero attached hydrogens (tertiary/aromatic N) is 2. The largest absolute Gasteiger partial charge is 0.491 e. The van der Waals surface area contributed by atoms with Crippen LogP contribution in [0, 0.1) is 6.92 Å². The fraction of sp³-hybridized carbons (Fsp3) is 0.385. The zero-order valence-corrected chi connectivity index (χ0v) is 10.3. The van der Waals surface area contributed by atoms with Crippen LogP contribution in [-0.4, -0.2) is 16.3 Å². The van der Waals surface area contributed by atoms with Crippen LogP contribution in [0.15, 0.2) is 28.7 Å². The van der Waals surface area contributed by atoms with Crippen LogP contribution in [0.4, 0.5) is 0 Å². The second-order valence-corrected chi connectivity index (χ2v) is 3.99. The number of hydrogen-bond acceptors (Lipinski definition) is 4. The van der Waals surface area contributed by atoms with Gasteiger partial charge in [-0.3, -0.25) is 0 Å². The topological polar surface area (TPSA) is 48.2 Å². The lowest BCUT2D eigenvalue weighted by molar-refractivity contribution is 0.217. The molecule has 0 aliphatic carbocycles. The number of ether oxygens (including phenoxy) is 1. The zero-order valence-electron chi connectivity index (χ0n) is 10.3. The molecule has 4 nitrogen and oxygen atoms in total. The van der Waals surface area contributed by atoms with E-state index in [2.05, 4.69) is 24.0 Å². The van der Waals surface area contributed by atoms with E-state index >= 15 is 0 Å². The third kappa shape index (κ3) is 2.84. The molecule has 0 aliphatic rings. The first-order chi connectivity index (χ1) is 8.19. The highest BCUT2D eigenvalue weighted by molar-refractivity contribution is 5.53. The van der Waals surface area contributed by atoms with Gasteiger partial charge in [0.05, 0.1) is 6.10 Å². The molecule has 17 heavy (non-hydrogen) atoms. The van der Waals surface area contributed by atoms with Crippen molar-refractivity contribution in [1.29, 1.82) is 0 Å². The molecule has 0 aliphatic heterocycles. The van der Waals surface area contributed by atoms with Gasteiger partial charge in [0.15, 0.2) is 0 Å². The molecule has 90 valence electrons. The summed E-state index contributed by atoms with van der Waals surface area (Å²) in [5.41, 5.74) is 0.905. The summed E-state index contributed by atoms with van der Waals surface area (Å²) in [4.78, 5) is 0. The normalized spacial score (nSPS) is 12.4. The van der Waals surface area contributed by atoms with Crippen LogP contribution in [0.5, 0.6) is 5.75 Å². The highest BCUT2D eigenvalue weighted by Gasteiger charge is 2.06. The zero-order chi connectivity index (χ0) is 12.3. The smallest absolute Gasteiger partial charge is 0.247 e.